The first kappa shape index (κ1) is 14.7. The number of rotatable bonds is 3. The second kappa shape index (κ2) is 5.97. The fourth-order valence-electron chi connectivity index (χ4n) is 3.40. The number of amides is 1. The number of nitrogens with zero attached hydrogens (tertiary/aromatic N) is 1. The van der Waals surface area contributed by atoms with Crippen LogP contribution in [0, 0.1) is 6.92 Å². The molecular formula is C22H19NO. The Hall–Kier alpha value is -2.87. The fraction of sp³-hybridized carbons (Fsp3) is 0.136. The van der Waals surface area contributed by atoms with Gasteiger partial charge < -0.3 is 4.90 Å². The molecule has 3 aromatic carbocycles. The molecule has 118 valence electrons. The van der Waals surface area contributed by atoms with Gasteiger partial charge in [0, 0.05) is 5.69 Å². The highest BCUT2D eigenvalue weighted by Crippen LogP contribution is 2.41. The lowest BCUT2D eigenvalue weighted by molar-refractivity contribution is -0.118. The van der Waals surface area contributed by atoms with E-state index in [1.54, 1.807) is 0 Å². The Kier molecular flexibility index (Phi) is 3.66. The molecule has 4 rings (SSSR count). The van der Waals surface area contributed by atoms with E-state index in [2.05, 4.69) is 49.4 Å². The van der Waals surface area contributed by atoms with Crippen molar-refractivity contribution in [3.63, 3.8) is 0 Å². The zero-order chi connectivity index (χ0) is 16.5. The van der Waals surface area contributed by atoms with Crippen molar-refractivity contribution in [3.05, 3.63) is 101 Å². The van der Waals surface area contributed by atoms with Gasteiger partial charge >= 0.3 is 0 Å². The summed E-state index contributed by atoms with van der Waals surface area (Å²) in [7, 11) is 0. The first-order chi connectivity index (χ1) is 11.7. The number of carbonyl (C=O) groups is 1. The Morgan fingerprint density at radius 2 is 1.50 bits per heavy atom. The van der Waals surface area contributed by atoms with E-state index in [9.17, 15) is 4.79 Å². The van der Waals surface area contributed by atoms with Crippen molar-refractivity contribution in [2.45, 2.75) is 19.4 Å². The van der Waals surface area contributed by atoms with Crippen molar-refractivity contribution >= 4 is 11.6 Å². The molecule has 1 amide bonds. The van der Waals surface area contributed by atoms with Crippen LogP contribution in [0.25, 0.3) is 0 Å². The molecule has 0 N–H and O–H groups in total. The van der Waals surface area contributed by atoms with Crippen LogP contribution < -0.4 is 4.90 Å². The van der Waals surface area contributed by atoms with E-state index in [0.717, 1.165) is 22.4 Å². The summed E-state index contributed by atoms with van der Waals surface area (Å²) in [5, 5.41) is 0. The van der Waals surface area contributed by atoms with Crippen molar-refractivity contribution in [1.29, 1.82) is 0 Å². The third kappa shape index (κ3) is 2.50. The Morgan fingerprint density at radius 1 is 0.833 bits per heavy atom. The predicted octanol–water partition coefficient (Wildman–Crippen LogP) is 4.67. The van der Waals surface area contributed by atoms with Crippen LogP contribution in [0.1, 0.15) is 28.2 Å². The summed E-state index contributed by atoms with van der Waals surface area (Å²) in [6, 6.07) is 26.6. The molecule has 0 spiro atoms. The highest BCUT2D eigenvalue weighted by atomic mass is 16.2. The third-order valence-electron chi connectivity index (χ3n) is 4.65. The highest BCUT2D eigenvalue weighted by Gasteiger charge is 2.37. The lowest BCUT2D eigenvalue weighted by atomic mass is 9.92. The van der Waals surface area contributed by atoms with Gasteiger partial charge in [0.2, 0.25) is 5.91 Å². The Bertz CT molecular complexity index is 868. The van der Waals surface area contributed by atoms with Crippen molar-refractivity contribution in [3.8, 4) is 0 Å². The Morgan fingerprint density at radius 3 is 2.25 bits per heavy atom. The van der Waals surface area contributed by atoms with Crippen LogP contribution in [0.15, 0.2) is 78.9 Å². The summed E-state index contributed by atoms with van der Waals surface area (Å²) in [6.45, 7) is 2.68. The lowest BCUT2D eigenvalue weighted by Crippen LogP contribution is -2.28. The van der Waals surface area contributed by atoms with Gasteiger partial charge in [0.25, 0.3) is 0 Å². The van der Waals surface area contributed by atoms with Crippen molar-refractivity contribution in [2.75, 3.05) is 4.90 Å². The van der Waals surface area contributed by atoms with Crippen LogP contribution in [0.4, 0.5) is 5.69 Å². The second-order valence-electron chi connectivity index (χ2n) is 6.31. The normalized spacial score (nSPS) is 16.3. The summed E-state index contributed by atoms with van der Waals surface area (Å²) in [4.78, 5) is 15.1. The molecule has 0 aromatic heterocycles. The molecule has 0 radical (unpaired) electrons. The second-order valence-corrected chi connectivity index (χ2v) is 6.31. The SMILES string of the molecule is Cc1ccc([C@H]2C(=O)N(Cc3ccccc3)c3ccccc32)cc1. The maximum Gasteiger partial charge on any atom is 0.239 e. The minimum Gasteiger partial charge on any atom is -0.307 e. The molecule has 0 bridgehead atoms. The van der Waals surface area contributed by atoms with E-state index in [-0.39, 0.29) is 11.8 Å². The van der Waals surface area contributed by atoms with Crippen molar-refractivity contribution in [1.82, 2.24) is 0 Å². The van der Waals surface area contributed by atoms with Crippen molar-refractivity contribution < 1.29 is 4.79 Å². The zero-order valence-corrected chi connectivity index (χ0v) is 13.6. The topological polar surface area (TPSA) is 20.3 Å². The number of aryl methyl sites for hydroxylation is 1. The quantitative estimate of drug-likeness (QED) is 0.688. The van der Waals surface area contributed by atoms with Gasteiger partial charge in [-0.05, 0) is 29.7 Å². The monoisotopic (exact) mass is 313 g/mol. The summed E-state index contributed by atoms with van der Waals surface area (Å²) in [6.07, 6.45) is 0. The smallest absolute Gasteiger partial charge is 0.239 e. The molecule has 0 fully saturated rings. The minimum absolute atomic E-state index is 0.156. The molecule has 0 saturated carbocycles. The van der Waals surface area contributed by atoms with E-state index in [1.807, 2.05) is 41.3 Å². The highest BCUT2D eigenvalue weighted by molar-refractivity contribution is 6.06. The summed E-state index contributed by atoms with van der Waals surface area (Å²) >= 11 is 0. The molecular weight excluding hydrogens is 294 g/mol. The van der Waals surface area contributed by atoms with Gasteiger partial charge in [-0.1, -0.05) is 78.4 Å². The van der Waals surface area contributed by atoms with E-state index in [0.29, 0.717) is 6.54 Å². The number of hydrogen-bond acceptors (Lipinski definition) is 1. The molecule has 1 atom stereocenters. The summed E-state index contributed by atoms with van der Waals surface area (Å²) in [5.41, 5.74) is 5.54. The Labute approximate surface area is 142 Å². The molecule has 1 heterocycles. The number of fused-ring (bicyclic) bond motifs is 1. The minimum atomic E-state index is -0.203. The van der Waals surface area contributed by atoms with Crippen LogP contribution in [0.2, 0.25) is 0 Å². The number of carbonyl (C=O) groups excluding carboxylic acids is 1. The van der Waals surface area contributed by atoms with Crippen LogP contribution in [0.5, 0.6) is 0 Å². The average Bonchev–Trinajstić information content (AvgIpc) is 2.89. The van der Waals surface area contributed by atoms with Crippen LogP contribution in [-0.2, 0) is 11.3 Å². The van der Waals surface area contributed by atoms with Gasteiger partial charge in [-0.15, -0.1) is 0 Å². The summed E-state index contributed by atoms with van der Waals surface area (Å²) in [5.74, 6) is -0.0468. The van der Waals surface area contributed by atoms with E-state index in [4.69, 9.17) is 0 Å². The Balaban J connectivity index is 1.75. The number of hydrogen-bond donors (Lipinski definition) is 0. The molecule has 2 heteroatoms. The van der Waals surface area contributed by atoms with Gasteiger partial charge in [-0.25, -0.2) is 0 Å². The van der Waals surface area contributed by atoms with Gasteiger partial charge in [-0.2, -0.15) is 0 Å². The van der Waals surface area contributed by atoms with Crippen molar-refractivity contribution in [2.24, 2.45) is 0 Å². The van der Waals surface area contributed by atoms with Crippen LogP contribution in [-0.4, -0.2) is 5.91 Å². The molecule has 2 nitrogen and oxygen atoms in total. The van der Waals surface area contributed by atoms with Gasteiger partial charge in [-0.3, -0.25) is 4.79 Å². The van der Waals surface area contributed by atoms with E-state index < -0.39 is 0 Å². The fourth-order valence-corrected chi connectivity index (χ4v) is 3.40. The predicted molar refractivity (Wildman–Crippen MR) is 97.1 cm³/mol. The van der Waals surface area contributed by atoms with Gasteiger partial charge in [0.1, 0.15) is 0 Å². The standard InChI is InChI=1S/C22H19NO/c1-16-11-13-18(14-12-16)21-19-9-5-6-10-20(19)23(22(21)24)15-17-7-3-2-4-8-17/h2-14,21H,15H2,1H3/t21-/m1/s1. The largest absolute Gasteiger partial charge is 0.307 e. The first-order valence-electron chi connectivity index (χ1n) is 8.25. The molecule has 0 saturated heterocycles. The van der Waals surface area contributed by atoms with Crippen LogP contribution in [0.3, 0.4) is 0 Å². The maximum absolute atomic E-state index is 13.2. The molecule has 1 aliphatic rings. The van der Waals surface area contributed by atoms with E-state index in [1.165, 1.54) is 5.56 Å². The average molecular weight is 313 g/mol. The summed E-state index contributed by atoms with van der Waals surface area (Å²) < 4.78 is 0. The number of benzene rings is 3. The molecule has 0 unspecified atom stereocenters. The molecule has 3 aromatic rings. The number of para-hydroxylation sites is 1. The first-order valence-corrected chi connectivity index (χ1v) is 8.25. The molecule has 24 heavy (non-hydrogen) atoms. The number of anilines is 1. The molecule has 0 aliphatic carbocycles. The molecule has 1 aliphatic heterocycles. The van der Waals surface area contributed by atoms with Crippen LogP contribution >= 0.6 is 0 Å². The zero-order valence-electron chi connectivity index (χ0n) is 13.6. The van der Waals surface area contributed by atoms with Gasteiger partial charge in [0.05, 0.1) is 12.5 Å². The van der Waals surface area contributed by atoms with Gasteiger partial charge in [0.15, 0.2) is 0 Å². The lowest BCUT2D eigenvalue weighted by Gasteiger charge is -2.18. The maximum atomic E-state index is 13.2. The third-order valence-corrected chi connectivity index (χ3v) is 4.65. The van der Waals surface area contributed by atoms with E-state index >= 15 is 0 Å².